The summed E-state index contributed by atoms with van der Waals surface area (Å²) in [5.41, 5.74) is -0.101. The third-order valence-corrected chi connectivity index (χ3v) is 7.53. The molecule has 0 radical (unpaired) electrons. The number of urea groups is 1. The average molecular weight is 488 g/mol. The fourth-order valence-electron chi connectivity index (χ4n) is 5.62. The highest BCUT2D eigenvalue weighted by Gasteiger charge is 2.58. The van der Waals surface area contributed by atoms with Crippen LogP contribution in [-0.4, -0.2) is 107 Å². The van der Waals surface area contributed by atoms with Crippen LogP contribution >= 0.6 is 0 Å². The summed E-state index contributed by atoms with van der Waals surface area (Å²) >= 11 is 0. The zero-order valence-electron chi connectivity index (χ0n) is 20.9. The Kier molecular flexibility index (Phi) is 8.22. The van der Waals surface area contributed by atoms with Gasteiger partial charge in [-0.15, -0.1) is 0 Å². The van der Waals surface area contributed by atoms with Gasteiger partial charge in [0.25, 0.3) is 5.91 Å². The number of nitrogens with zero attached hydrogens (tertiary/aromatic N) is 5. The highest BCUT2D eigenvalue weighted by atomic mass is 16.6. The molecule has 3 fully saturated rings. The first-order valence-corrected chi connectivity index (χ1v) is 12.7. The van der Waals surface area contributed by atoms with Gasteiger partial charge in [-0.25, -0.2) is 9.59 Å². The Hall–Kier alpha value is -2.72. The smallest absolute Gasteiger partial charge is 0.409 e. The van der Waals surface area contributed by atoms with Crippen molar-refractivity contribution in [3.05, 3.63) is 30.1 Å². The molecule has 0 unspecified atom stereocenters. The molecule has 0 aliphatic carbocycles. The largest absolute Gasteiger partial charge is 0.450 e. The van der Waals surface area contributed by atoms with Crippen molar-refractivity contribution in [2.75, 3.05) is 53.0 Å². The van der Waals surface area contributed by atoms with E-state index in [1.165, 1.54) is 4.90 Å². The van der Waals surface area contributed by atoms with Crippen LogP contribution in [0.3, 0.4) is 0 Å². The van der Waals surface area contributed by atoms with Crippen molar-refractivity contribution in [2.45, 2.75) is 57.2 Å². The monoisotopic (exact) mass is 487 g/mol. The first kappa shape index (κ1) is 25.4. The van der Waals surface area contributed by atoms with Gasteiger partial charge in [-0.3, -0.25) is 14.7 Å². The number of amides is 4. The molecule has 3 aliphatic heterocycles. The van der Waals surface area contributed by atoms with Crippen molar-refractivity contribution in [1.29, 1.82) is 0 Å². The SMILES string of the molecule is CCOC(=O)N1CCC(N2CCC3(CC2)C(=O)N(Cc2ccccn2)C(=O)N3CCCOC)CC1. The fraction of sp³-hybridized carbons (Fsp3) is 0.680. The predicted octanol–water partition coefficient (Wildman–Crippen LogP) is 2.34. The first-order chi connectivity index (χ1) is 17.0. The number of hydrogen-bond donors (Lipinski definition) is 0. The number of pyridine rings is 1. The summed E-state index contributed by atoms with van der Waals surface area (Å²) in [6, 6.07) is 5.67. The molecule has 192 valence electrons. The van der Waals surface area contributed by atoms with Crippen molar-refractivity contribution in [1.82, 2.24) is 24.6 Å². The molecule has 3 aliphatic rings. The summed E-state index contributed by atoms with van der Waals surface area (Å²) in [6.07, 6.45) is 5.13. The number of aromatic nitrogens is 1. The standard InChI is InChI=1S/C25H37N5O5/c1-3-35-24(33)28-14-8-21(9-15-28)27-16-10-25(11-17-27)22(31)29(19-20-7-4-5-12-26-20)23(32)30(25)13-6-18-34-2/h4-5,7,12,21H,3,6,8-11,13-19H2,1-2H3. The molecule has 10 nitrogen and oxygen atoms in total. The average Bonchev–Trinajstić information content (AvgIpc) is 3.07. The van der Waals surface area contributed by atoms with Gasteiger partial charge < -0.3 is 24.2 Å². The van der Waals surface area contributed by atoms with Crippen molar-refractivity contribution in [3.63, 3.8) is 0 Å². The van der Waals surface area contributed by atoms with Gasteiger partial charge in [0.1, 0.15) is 5.54 Å². The molecular weight excluding hydrogens is 450 g/mol. The van der Waals surface area contributed by atoms with Crippen LogP contribution in [0.2, 0.25) is 0 Å². The molecule has 3 saturated heterocycles. The van der Waals surface area contributed by atoms with E-state index in [2.05, 4.69) is 9.88 Å². The van der Waals surface area contributed by atoms with E-state index in [-0.39, 0.29) is 24.6 Å². The minimum Gasteiger partial charge on any atom is -0.450 e. The van der Waals surface area contributed by atoms with Gasteiger partial charge >= 0.3 is 12.1 Å². The molecule has 4 rings (SSSR count). The van der Waals surface area contributed by atoms with Crippen LogP contribution in [0.1, 0.15) is 44.7 Å². The number of piperidine rings is 2. The lowest BCUT2D eigenvalue weighted by molar-refractivity contribution is -0.136. The Morgan fingerprint density at radius 3 is 2.51 bits per heavy atom. The van der Waals surface area contributed by atoms with Crippen LogP contribution < -0.4 is 0 Å². The molecule has 0 bridgehead atoms. The first-order valence-electron chi connectivity index (χ1n) is 12.7. The minimum absolute atomic E-state index is 0.109. The maximum atomic E-state index is 13.7. The van der Waals surface area contributed by atoms with E-state index in [1.54, 1.807) is 23.1 Å². The molecule has 1 aromatic rings. The second-order valence-corrected chi connectivity index (χ2v) is 9.48. The summed E-state index contributed by atoms with van der Waals surface area (Å²) in [6.45, 7) is 6.30. The van der Waals surface area contributed by atoms with Crippen LogP contribution in [0.4, 0.5) is 9.59 Å². The van der Waals surface area contributed by atoms with Gasteiger partial charge in [0.15, 0.2) is 0 Å². The number of methoxy groups -OCH3 is 1. The molecule has 4 heterocycles. The van der Waals surface area contributed by atoms with Gasteiger partial charge in [-0.1, -0.05) is 6.07 Å². The molecule has 0 aromatic carbocycles. The van der Waals surface area contributed by atoms with Gasteiger partial charge in [0.05, 0.1) is 18.8 Å². The third-order valence-electron chi connectivity index (χ3n) is 7.53. The maximum absolute atomic E-state index is 13.7. The zero-order valence-corrected chi connectivity index (χ0v) is 20.9. The highest BCUT2D eigenvalue weighted by molar-refractivity contribution is 6.07. The summed E-state index contributed by atoms with van der Waals surface area (Å²) < 4.78 is 10.3. The molecule has 4 amide bonds. The fourth-order valence-corrected chi connectivity index (χ4v) is 5.62. The highest BCUT2D eigenvalue weighted by Crippen LogP contribution is 2.39. The molecule has 1 aromatic heterocycles. The summed E-state index contributed by atoms with van der Waals surface area (Å²) in [7, 11) is 1.64. The van der Waals surface area contributed by atoms with Crippen molar-refractivity contribution < 1.29 is 23.9 Å². The molecule has 0 N–H and O–H groups in total. The zero-order chi connectivity index (χ0) is 24.8. The Labute approximate surface area is 207 Å². The number of imide groups is 1. The normalized spacial score (nSPS) is 21.3. The molecular formula is C25H37N5O5. The predicted molar refractivity (Wildman–Crippen MR) is 129 cm³/mol. The third kappa shape index (κ3) is 5.28. The number of carbonyl (C=O) groups excluding carboxylic acids is 3. The van der Waals surface area contributed by atoms with E-state index in [1.807, 2.05) is 25.1 Å². The quantitative estimate of drug-likeness (QED) is 0.410. The van der Waals surface area contributed by atoms with E-state index in [4.69, 9.17) is 9.47 Å². The number of hydrogen-bond acceptors (Lipinski definition) is 7. The van der Waals surface area contributed by atoms with Crippen molar-refractivity contribution in [2.24, 2.45) is 0 Å². The molecule has 10 heteroatoms. The Balaban J connectivity index is 1.42. The minimum atomic E-state index is -0.804. The van der Waals surface area contributed by atoms with Gasteiger partial charge in [-0.05, 0) is 51.2 Å². The van der Waals surface area contributed by atoms with Crippen LogP contribution in [-0.2, 0) is 20.8 Å². The van der Waals surface area contributed by atoms with E-state index in [0.29, 0.717) is 63.8 Å². The van der Waals surface area contributed by atoms with Crippen molar-refractivity contribution >= 4 is 18.0 Å². The number of ether oxygens (including phenoxy) is 2. The lowest BCUT2D eigenvalue weighted by atomic mass is 9.84. The van der Waals surface area contributed by atoms with Gasteiger partial charge in [0.2, 0.25) is 0 Å². The number of rotatable bonds is 8. The summed E-state index contributed by atoms with van der Waals surface area (Å²) in [5.74, 6) is -0.109. The second-order valence-electron chi connectivity index (χ2n) is 9.48. The molecule has 0 atom stereocenters. The Morgan fingerprint density at radius 2 is 1.89 bits per heavy atom. The van der Waals surface area contributed by atoms with E-state index >= 15 is 0 Å². The van der Waals surface area contributed by atoms with Gasteiger partial charge in [0, 0.05) is 58.7 Å². The molecule has 1 spiro atoms. The van der Waals surface area contributed by atoms with Crippen LogP contribution in [0, 0.1) is 0 Å². The lowest BCUT2D eigenvalue weighted by Crippen LogP contribution is -2.59. The maximum Gasteiger partial charge on any atom is 0.409 e. The molecule has 35 heavy (non-hydrogen) atoms. The Morgan fingerprint density at radius 1 is 1.14 bits per heavy atom. The molecule has 0 saturated carbocycles. The van der Waals surface area contributed by atoms with E-state index in [9.17, 15) is 14.4 Å². The Bertz CT molecular complexity index is 881. The lowest BCUT2D eigenvalue weighted by Gasteiger charge is -2.46. The van der Waals surface area contributed by atoms with Crippen LogP contribution in [0.15, 0.2) is 24.4 Å². The number of carbonyl (C=O) groups is 3. The second kappa shape index (κ2) is 11.3. The van der Waals surface area contributed by atoms with Crippen molar-refractivity contribution in [3.8, 4) is 0 Å². The van der Waals surface area contributed by atoms with Gasteiger partial charge in [-0.2, -0.15) is 0 Å². The summed E-state index contributed by atoms with van der Waals surface area (Å²) in [5, 5.41) is 0. The van der Waals surface area contributed by atoms with Crippen LogP contribution in [0.5, 0.6) is 0 Å². The topological polar surface area (TPSA) is 95.5 Å². The number of likely N-dealkylation sites (tertiary alicyclic amines) is 2. The van der Waals surface area contributed by atoms with E-state index < -0.39 is 5.54 Å². The summed E-state index contributed by atoms with van der Waals surface area (Å²) in [4.78, 5) is 50.9. The van der Waals surface area contributed by atoms with E-state index in [0.717, 1.165) is 25.9 Å². The van der Waals surface area contributed by atoms with Crippen LogP contribution in [0.25, 0.3) is 0 Å².